The third-order valence-electron chi connectivity index (χ3n) is 4.80. The second kappa shape index (κ2) is 8.94. The Bertz CT molecular complexity index is 1240. The van der Waals surface area contributed by atoms with E-state index in [0.717, 1.165) is 11.6 Å². The highest BCUT2D eigenvalue weighted by Gasteiger charge is 2.16. The Morgan fingerprint density at radius 3 is 2.00 bits per heavy atom. The summed E-state index contributed by atoms with van der Waals surface area (Å²) < 4.78 is 62.8. The van der Waals surface area contributed by atoms with Crippen LogP contribution < -0.4 is 4.74 Å². The summed E-state index contributed by atoms with van der Waals surface area (Å²) in [7, 11) is 0. The summed E-state index contributed by atoms with van der Waals surface area (Å²) in [6.45, 7) is 0.204. The zero-order valence-corrected chi connectivity index (χ0v) is 17.6. The van der Waals surface area contributed by atoms with E-state index < -0.39 is 23.3 Å². The second-order valence-corrected chi connectivity index (χ2v) is 7.69. The molecular weight excluding hydrogens is 472 g/mol. The quantitative estimate of drug-likeness (QED) is 0.205. The predicted molar refractivity (Wildman–Crippen MR) is 116 cm³/mol. The van der Waals surface area contributed by atoms with E-state index in [9.17, 15) is 17.6 Å². The van der Waals surface area contributed by atoms with E-state index in [4.69, 9.17) is 4.74 Å². The first-order valence-electron chi connectivity index (χ1n) is 9.34. The molecule has 0 aliphatic carbocycles. The Morgan fingerprint density at radius 1 is 0.645 bits per heavy atom. The first kappa shape index (κ1) is 21.1. The Balaban J connectivity index is 1.59. The maximum atomic E-state index is 14.8. The Morgan fingerprint density at radius 2 is 1.29 bits per heavy atom. The average molecular weight is 487 g/mol. The smallest absolute Gasteiger partial charge is 0.173 e. The topological polar surface area (TPSA) is 9.23 Å². The van der Waals surface area contributed by atoms with Crippen LogP contribution in [-0.4, -0.2) is 0 Å². The van der Waals surface area contributed by atoms with Crippen LogP contribution in [0.2, 0.25) is 0 Å². The molecule has 1 nitrogen and oxygen atoms in total. The first-order valence-corrected chi connectivity index (χ1v) is 10.1. The molecule has 156 valence electrons. The minimum Gasteiger partial charge on any atom is -0.486 e. The lowest BCUT2D eigenvalue weighted by molar-refractivity contribution is 0.290. The van der Waals surface area contributed by atoms with E-state index in [0.29, 0.717) is 5.56 Å². The fourth-order valence-electron chi connectivity index (χ4n) is 3.19. The zero-order chi connectivity index (χ0) is 22.0. The van der Waals surface area contributed by atoms with Gasteiger partial charge in [0.2, 0.25) is 0 Å². The van der Waals surface area contributed by atoms with Crippen molar-refractivity contribution in [1.29, 1.82) is 0 Å². The monoisotopic (exact) mass is 486 g/mol. The molecule has 0 radical (unpaired) electrons. The third kappa shape index (κ3) is 4.49. The van der Waals surface area contributed by atoms with Crippen molar-refractivity contribution in [1.82, 2.24) is 0 Å². The first-order chi connectivity index (χ1) is 14.9. The molecule has 0 saturated heterocycles. The maximum absolute atomic E-state index is 14.8. The third-order valence-corrected chi connectivity index (χ3v) is 5.41. The van der Waals surface area contributed by atoms with E-state index in [1.165, 1.54) is 36.4 Å². The van der Waals surface area contributed by atoms with Gasteiger partial charge in [0.25, 0.3) is 0 Å². The minimum atomic E-state index is -1.08. The fraction of sp³-hybridized carbons (Fsp3) is 0.0400. The summed E-state index contributed by atoms with van der Waals surface area (Å²) in [4.78, 5) is 0. The Kier molecular flexibility index (Phi) is 6.09. The molecule has 0 bridgehead atoms. The zero-order valence-electron chi connectivity index (χ0n) is 16.0. The van der Waals surface area contributed by atoms with Gasteiger partial charge in [-0.3, -0.25) is 0 Å². The SMILES string of the molecule is Fc1cc(-c2ccc(-c3ccc(Br)c(F)c3F)cc2F)ccc1OCc1ccccc1. The van der Waals surface area contributed by atoms with E-state index in [-0.39, 0.29) is 33.5 Å². The predicted octanol–water partition coefficient (Wildman–Crippen LogP) is 7.92. The van der Waals surface area contributed by atoms with Crippen molar-refractivity contribution in [2.24, 2.45) is 0 Å². The molecule has 0 heterocycles. The molecule has 0 N–H and O–H groups in total. The standard InChI is InChI=1S/C25H15BrF4O/c26-20-10-9-19(24(29)25(20)30)17-6-8-18(21(27)12-17)16-7-11-23(22(28)13-16)31-14-15-4-2-1-3-5-15/h1-13H,14H2. The van der Waals surface area contributed by atoms with E-state index >= 15 is 0 Å². The molecule has 0 fully saturated rings. The van der Waals surface area contributed by atoms with Crippen molar-refractivity contribution in [3.8, 4) is 28.0 Å². The number of ether oxygens (including phenoxy) is 1. The summed E-state index contributed by atoms with van der Waals surface area (Å²) in [6, 6.07) is 20.2. The van der Waals surface area contributed by atoms with E-state index in [1.54, 1.807) is 6.07 Å². The van der Waals surface area contributed by atoms with Crippen LogP contribution in [0.15, 0.2) is 83.3 Å². The number of hydrogen-bond acceptors (Lipinski definition) is 1. The van der Waals surface area contributed by atoms with Crippen LogP contribution in [0.4, 0.5) is 17.6 Å². The van der Waals surface area contributed by atoms with Gasteiger partial charge in [-0.05, 0) is 56.9 Å². The van der Waals surface area contributed by atoms with Crippen LogP contribution in [-0.2, 0) is 6.61 Å². The van der Waals surface area contributed by atoms with Crippen molar-refractivity contribution in [2.45, 2.75) is 6.61 Å². The molecule has 0 amide bonds. The molecule has 6 heteroatoms. The molecule has 0 aliphatic rings. The van der Waals surface area contributed by atoms with Gasteiger partial charge in [-0.15, -0.1) is 0 Å². The molecular formula is C25H15BrF4O. The largest absolute Gasteiger partial charge is 0.486 e. The summed E-state index contributed by atoms with van der Waals surface area (Å²) in [5.74, 6) is -3.38. The summed E-state index contributed by atoms with van der Waals surface area (Å²) >= 11 is 2.91. The van der Waals surface area contributed by atoms with Gasteiger partial charge in [-0.25, -0.2) is 17.6 Å². The fourth-order valence-corrected chi connectivity index (χ4v) is 3.49. The lowest BCUT2D eigenvalue weighted by atomic mass is 9.99. The van der Waals surface area contributed by atoms with Crippen molar-refractivity contribution >= 4 is 15.9 Å². The van der Waals surface area contributed by atoms with Gasteiger partial charge >= 0.3 is 0 Å². The molecule has 31 heavy (non-hydrogen) atoms. The van der Waals surface area contributed by atoms with Crippen molar-refractivity contribution in [3.63, 3.8) is 0 Å². The maximum Gasteiger partial charge on any atom is 0.173 e. The second-order valence-electron chi connectivity index (χ2n) is 6.84. The van der Waals surface area contributed by atoms with Crippen LogP contribution in [0.25, 0.3) is 22.3 Å². The molecule has 4 aromatic carbocycles. The van der Waals surface area contributed by atoms with Gasteiger partial charge < -0.3 is 4.74 Å². The number of halogens is 5. The van der Waals surface area contributed by atoms with Gasteiger partial charge in [-0.1, -0.05) is 54.6 Å². The van der Waals surface area contributed by atoms with Crippen LogP contribution >= 0.6 is 15.9 Å². The highest BCUT2D eigenvalue weighted by Crippen LogP contribution is 2.33. The van der Waals surface area contributed by atoms with Crippen molar-refractivity contribution in [3.05, 3.63) is 112 Å². The summed E-state index contributed by atoms with van der Waals surface area (Å²) in [5.41, 5.74) is 1.44. The number of hydrogen-bond donors (Lipinski definition) is 0. The lowest BCUT2D eigenvalue weighted by Gasteiger charge is -2.11. The van der Waals surface area contributed by atoms with Crippen LogP contribution in [0.5, 0.6) is 5.75 Å². The van der Waals surface area contributed by atoms with Crippen LogP contribution in [0, 0.1) is 23.3 Å². The van der Waals surface area contributed by atoms with Crippen molar-refractivity contribution < 1.29 is 22.3 Å². The van der Waals surface area contributed by atoms with Crippen LogP contribution in [0.3, 0.4) is 0 Å². The van der Waals surface area contributed by atoms with Gasteiger partial charge in [-0.2, -0.15) is 0 Å². The lowest BCUT2D eigenvalue weighted by Crippen LogP contribution is -1.98. The molecule has 0 saturated carbocycles. The minimum absolute atomic E-state index is 0.0177. The molecule has 0 aromatic heterocycles. The molecule has 0 spiro atoms. The average Bonchev–Trinajstić information content (AvgIpc) is 2.77. The molecule has 0 unspecified atom stereocenters. The number of benzene rings is 4. The Labute approximate surface area is 185 Å². The normalized spacial score (nSPS) is 10.9. The molecule has 0 aliphatic heterocycles. The van der Waals surface area contributed by atoms with Gasteiger partial charge in [0.05, 0.1) is 4.47 Å². The van der Waals surface area contributed by atoms with Gasteiger partial charge in [0.15, 0.2) is 23.2 Å². The molecule has 4 aromatic rings. The molecule has 4 rings (SSSR count). The van der Waals surface area contributed by atoms with E-state index in [1.807, 2.05) is 30.3 Å². The van der Waals surface area contributed by atoms with E-state index in [2.05, 4.69) is 15.9 Å². The van der Waals surface area contributed by atoms with Gasteiger partial charge in [0, 0.05) is 11.1 Å². The highest BCUT2D eigenvalue weighted by atomic mass is 79.9. The van der Waals surface area contributed by atoms with Gasteiger partial charge in [0.1, 0.15) is 12.4 Å². The number of rotatable bonds is 5. The molecule has 0 atom stereocenters. The highest BCUT2D eigenvalue weighted by molar-refractivity contribution is 9.10. The van der Waals surface area contributed by atoms with Crippen molar-refractivity contribution in [2.75, 3.05) is 0 Å². The summed E-state index contributed by atoms with van der Waals surface area (Å²) in [6.07, 6.45) is 0. The summed E-state index contributed by atoms with van der Waals surface area (Å²) in [5, 5.41) is 0. The van der Waals surface area contributed by atoms with Crippen LogP contribution in [0.1, 0.15) is 5.56 Å². The Hall–Kier alpha value is -3.12.